The maximum atomic E-state index is 13.0. The van der Waals surface area contributed by atoms with Gasteiger partial charge in [-0.25, -0.2) is 4.39 Å². The summed E-state index contributed by atoms with van der Waals surface area (Å²) in [6, 6.07) is 9.55. The molecule has 5 heteroatoms. The van der Waals surface area contributed by atoms with Gasteiger partial charge in [0.25, 0.3) is 0 Å². The molecule has 0 aliphatic rings. The van der Waals surface area contributed by atoms with E-state index in [9.17, 15) is 4.39 Å². The van der Waals surface area contributed by atoms with Gasteiger partial charge in [0.1, 0.15) is 17.3 Å². The Morgan fingerprint density at radius 3 is 2.29 bits per heavy atom. The summed E-state index contributed by atoms with van der Waals surface area (Å²) in [4.78, 5) is 0. The number of benzene rings is 2. The molecule has 0 radical (unpaired) electrons. The van der Waals surface area contributed by atoms with E-state index in [1.165, 1.54) is 18.2 Å². The third-order valence-electron chi connectivity index (χ3n) is 3.13. The van der Waals surface area contributed by atoms with Crippen molar-refractivity contribution in [3.63, 3.8) is 0 Å². The zero-order chi connectivity index (χ0) is 15.4. The van der Waals surface area contributed by atoms with E-state index in [1.807, 2.05) is 19.1 Å². The molecule has 1 atom stereocenters. The molecule has 2 aromatic carbocycles. The topological polar surface area (TPSA) is 35.2 Å². The first-order valence-corrected chi connectivity index (χ1v) is 7.42. The summed E-state index contributed by atoms with van der Waals surface area (Å²) < 4.78 is 18.6. The van der Waals surface area contributed by atoms with Crippen LogP contribution in [0.25, 0.3) is 0 Å². The Balaban J connectivity index is 2.17. The van der Waals surface area contributed by atoms with Crippen LogP contribution in [0.1, 0.15) is 18.9 Å². The normalized spacial score (nSPS) is 12.2. The molecule has 2 rings (SSSR count). The fourth-order valence-corrected chi connectivity index (χ4v) is 2.33. The summed E-state index contributed by atoms with van der Waals surface area (Å²) in [5.74, 6) is 0.416. The van der Waals surface area contributed by atoms with Crippen LogP contribution in [0.2, 0.25) is 10.0 Å². The van der Waals surface area contributed by atoms with Gasteiger partial charge in [-0.05, 0) is 48.7 Å². The lowest BCUT2D eigenvalue weighted by Gasteiger charge is -2.12. The van der Waals surface area contributed by atoms with E-state index in [0.717, 1.165) is 18.4 Å². The Hall–Kier alpha value is -1.29. The molecule has 0 heterocycles. The van der Waals surface area contributed by atoms with E-state index in [2.05, 4.69) is 0 Å². The van der Waals surface area contributed by atoms with E-state index >= 15 is 0 Å². The minimum Gasteiger partial charge on any atom is -0.454 e. The highest BCUT2D eigenvalue weighted by molar-refractivity contribution is 6.32. The molecule has 0 saturated heterocycles. The summed E-state index contributed by atoms with van der Waals surface area (Å²) >= 11 is 12.1. The van der Waals surface area contributed by atoms with Crippen LogP contribution in [0.5, 0.6) is 11.5 Å². The molecule has 1 unspecified atom stereocenters. The molecule has 0 fully saturated rings. The largest absolute Gasteiger partial charge is 0.454 e. The second kappa shape index (κ2) is 7.12. The average Bonchev–Trinajstić information content (AvgIpc) is 2.44. The van der Waals surface area contributed by atoms with Crippen LogP contribution < -0.4 is 10.5 Å². The third-order valence-corrected chi connectivity index (χ3v) is 3.72. The molecule has 2 nitrogen and oxygen atoms in total. The number of halogens is 3. The lowest BCUT2D eigenvalue weighted by atomic mass is 10.0. The highest BCUT2D eigenvalue weighted by Crippen LogP contribution is 2.34. The second-order valence-corrected chi connectivity index (χ2v) is 5.63. The molecule has 2 N–H and O–H groups in total. The van der Waals surface area contributed by atoms with E-state index in [-0.39, 0.29) is 11.1 Å². The first-order valence-electron chi connectivity index (χ1n) is 6.66. The Kier molecular flexibility index (Phi) is 5.45. The molecule has 21 heavy (non-hydrogen) atoms. The zero-order valence-corrected chi connectivity index (χ0v) is 13.1. The van der Waals surface area contributed by atoms with Crippen molar-refractivity contribution >= 4 is 23.2 Å². The number of ether oxygens (including phenoxy) is 1. The third kappa shape index (κ3) is 4.34. The van der Waals surface area contributed by atoms with Crippen molar-refractivity contribution in [2.45, 2.75) is 25.8 Å². The molecule has 0 saturated carbocycles. The van der Waals surface area contributed by atoms with Gasteiger partial charge in [0.05, 0.1) is 10.0 Å². The number of hydrogen-bond donors (Lipinski definition) is 1. The molecule has 112 valence electrons. The van der Waals surface area contributed by atoms with Gasteiger partial charge in [-0.15, -0.1) is 0 Å². The van der Waals surface area contributed by atoms with Gasteiger partial charge in [-0.3, -0.25) is 0 Å². The van der Waals surface area contributed by atoms with Crippen LogP contribution >= 0.6 is 23.2 Å². The van der Waals surface area contributed by atoms with Crippen molar-refractivity contribution in [1.29, 1.82) is 0 Å². The standard InChI is InChI=1S/C16H16Cl2FNO/c1-2-12(20)7-10-3-5-15(13(17)8-10)21-16-6-4-11(19)9-14(16)18/h3-6,8-9,12H,2,7,20H2,1H3. The average molecular weight is 328 g/mol. The zero-order valence-electron chi connectivity index (χ0n) is 11.6. The van der Waals surface area contributed by atoms with Crippen molar-refractivity contribution in [3.05, 3.63) is 57.8 Å². The van der Waals surface area contributed by atoms with Crippen LogP contribution in [0.15, 0.2) is 36.4 Å². The first kappa shape index (κ1) is 16.1. The van der Waals surface area contributed by atoms with Crippen LogP contribution in [0.4, 0.5) is 4.39 Å². The van der Waals surface area contributed by atoms with E-state index in [0.29, 0.717) is 16.5 Å². The van der Waals surface area contributed by atoms with E-state index < -0.39 is 5.82 Å². The quantitative estimate of drug-likeness (QED) is 0.818. The van der Waals surface area contributed by atoms with Gasteiger partial charge in [0, 0.05) is 6.04 Å². The van der Waals surface area contributed by atoms with Gasteiger partial charge in [-0.1, -0.05) is 36.2 Å². The number of hydrogen-bond acceptors (Lipinski definition) is 2. The van der Waals surface area contributed by atoms with Gasteiger partial charge in [0.2, 0.25) is 0 Å². The minimum absolute atomic E-state index is 0.111. The van der Waals surface area contributed by atoms with Crippen molar-refractivity contribution in [1.82, 2.24) is 0 Å². The molecule has 2 aromatic rings. The lowest BCUT2D eigenvalue weighted by Crippen LogP contribution is -2.21. The summed E-state index contributed by atoms with van der Waals surface area (Å²) in [5.41, 5.74) is 6.97. The second-order valence-electron chi connectivity index (χ2n) is 4.81. The highest BCUT2D eigenvalue weighted by atomic mass is 35.5. The lowest BCUT2D eigenvalue weighted by molar-refractivity contribution is 0.480. The van der Waals surface area contributed by atoms with Crippen molar-refractivity contribution in [3.8, 4) is 11.5 Å². The maximum Gasteiger partial charge on any atom is 0.146 e. The predicted octanol–water partition coefficient (Wildman–Crippen LogP) is 5.20. The van der Waals surface area contributed by atoms with Gasteiger partial charge < -0.3 is 10.5 Å². The van der Waals surface area contributed by atoms with E-state index in [1.54, 1.807) is 6.07 Å². The number of rotatable bonds is 5. The maximum absolute atomic E-state index is 13.0. The molecular weight excluding hydrogens is 312 g/mol. The Morgan fingerprint density at radius 1 is 1.10 bits per heavy atom. The fraction of sp³-hybridized carbons (Fsp3) is 0.250. The summed E-state index contributed by atoms with van der Waals surface area (Å²) in [6.45, 7) is 2.04. The summed E-state index contributed by atoms with van der Waals surface area (Å²) in [5, 5.41) is 0.666. The smallest absolute Gasteiger partial charge is 0.146 e. The molecule has 0 bridgehead atoms. The Labute approximate surface area is 133 Å². The number of nitrogens with two attached hydrogens (primary N) is 1. The van der Waals surface area contributed by atoms with Crippen LogP contribution in [-0.4, -0.2) is 6.04 Å². The van der Waals surface area contributed by atoms with Gasteiger partial charge >= 0.3 is 0 Å². The van der Waals surface area contributed by atoms with Crippen LogP contribution in [0, 0.1) is 5.82 Å². The summed E-state index contributed by atoms with van der Waals surface area (Å²) in [6.07, 6.45) is 1.66. The highest BCUT2D eigenvalue weighted by Gasteiger charge is 2.09. The molecule has 0 aliphatic heterocycles. The predicted molar refractivity (Wildman–Crippen MR) is 84.9 cm³/mol. The van der Waals surface area contributed by atoms with E-state index in [4.69, 9.17) is 33.7 Å². The fourth-order valence-electron chi connectivity index (χ4n) is 1.88. The van der Waals surface area contributed by atoms with Gasteiger partial charge in [0.15, 0.2) is 0 Å². The van der Waals surface area contributed by atoms with Gasteiger partial charge in [-0.2, -0.15) is 0 Å². The van der Waals surface area contributed by atoms with Crippen molar-refractivity contribution < 1.29 is 9.13 Å². The molecule has 0 amide bonds. The SMILES string of the molecule is CCC(N)Cc1ccc(Oc2ccc(F)cc2Cl)c(Cl)c1. The van der Waals surface area contributed by atoms with Crippen LogP contribution in [0.3, 0.4) is 0 Å². The monoisotopic (exact) mass is 327 g/mol. The molecular formula is C16H16Cl2FNO. The van der Waals surface area contributed by atoms with Crippen molar-refractivity contribution in [2.24, 2.45) is 5.73 Å². The minimum atomic E-state index is -0.414. The Morgan fingerprint density at radius 2 is 1.71 bits per heavy atom. The molecule has 0 spiro atoms. The Bertz CT molecular complexity index is 634. The van der Waals surface area contributed by atoms with Crippen LogP contribution in [-0.2, 0) is 6.42 Å². The van der Waals surface area contributed by atoms with Crippen molar-refractivity contribution in [2.75, 3.05) is 0 Å². The summed E-state index contributed by atoms with van der Waals surface area (Å²) in [7, 11) is 0. The molecule has 0 aliphatic carbocycles. The molecule has 0 aromatic heterocycles. The first-order chi connectivity index (χ1) is 9.99.